The van der Waals surface area contributed by atoms with Crippen molar-refractivity contribution in [1.29, 1.82) is 0 Å². The van der Waals surface area contributed by atoms with Crippen LogP contribution < -0.4 is 0 Å². The highest BCUT2D eigenvalue weighted by Gasteiger charge is 2.44. The number of carboxylic acid groups (broad SMARTS) is 1. The number of carbonyl (C=O) groups is 2. The molecule has 5 nitrogen and oxygen atoms in total. The summed E-state index contributed by atoms with van der Waals surface area (Å²) in [6.45, 7) is 8.62. The molecular formula is C46H47B18F9O5. The van der Waals surface area contributed by atoms with E-state index in [1.54, 1.807) is 0 Å². The third kappa shape index (κ3) is 36.2. The number of hydrogen-bond acceptors (Lipinski definition) is 4. The standard InChI is InChI=1S/C18H4.C8H11F3O2.C8H13F3O.C8H11F3O.C4H8O.B18/c1-3-5-7-9-11-13-15-17-18-16-14-12-10-8-6-4-2;9-8(10,11)6-3-1-5(2-4-6)7(12)13;2*9-8(10,11)7-3-1-6(5-12)2-4-7;1-2-4-5-3-1;1-11(2)16(12(3)4)18(15(9)10)17(13(5)6)14(7)8/h1-2H2;5-6H,1-4H2,(H,12,13);6-7,12H,1-5H2;5-7H,1-4H2;1-4H2;. The molecule has 3 saturated carbocycles. The molecule has 3 aliphatic carbocycles. The average Bonchev–Trinajstić information content (AvgIpc) is 3.97. The van der Waals surface area contributed by atoms with Crippen LogP contribution in [0.25, 0.3) is 0 Å². The van der Waals surface area contributed by atoms with E-state index in [2.05, 4.69) is 105 Å². The van der Waals surface area contributed by atoms with Gasteiger partial charge in [0.05, 0.1) is 23.7 Å². The van der Waals surface area contributed by atoms with Crippen molar-refractivity contribution in [2.75, 3.05) is 19.8 Å². The quantitative estimate of drug-likeness (QED) is 0.145. The molecule has 0 spiro atoms. The number of aliphatic hydroxyl groups is 1. The minimum Gasteiger partial charge on any atom is -0.481 e. The number of aliphatic carboxylic acids is 1. The van der Waals surface area contributed by atoms with Crippen LogP contribution in [0, 0.1) is 35.5 Å². The molecule has 4 aliphatic rings. The number of aldehydes is 1. The normalized spacial score (nSPS) is 19.3. The summed E-state index contributed by atoms with van der Waals surface area (Å²) < 4.78 is 114. The summed E-state index contributed by atoms with van der Waals surface area (Å²) >= 11 is 0. The molecule has 0 aromatic rings. The molecule has 1 heterocycles. The second-order valence-corrected chi connectivity index (χ2v) is 18.2. The second kappa shape index (κ2) is 42.7. The fraction of sp³-hybridized carbons (Fsp3) is 0.565. The van der Waals surface area contributed by atoms with Gasteiger partial charge in [0.25, 0.3) is 0 Å². The number of alkyl halides is 9. The molecule has 4 rings (SSSR count). The number of carbonyl (C=O) groups excluding carboxylic acids is 1. The van der Waals surface area contributed by atoms with Crippen molar-refractivity contribution in [3.8, 4) is 0 Å². The van der Waals surface area contributed by atoms with E-state index in [4.69, 9.17) is 92.3 Å². The van der Waals surface area contributed by atoms with Crippen molar-refractivity contribution in [2.24, 2.45) is 35.5 Å². The fourth-order valence-corrected chi connectivity index (χ4v) is 8.21. The maximum absolute atomic E-state index is 12.1. The van der Waals surface area contributed by atoms with E-state index in [0.29, 0.717) is 25.7 Å². The van der Waals surface area contributed by atoms with E-state index in [1.807, 2.05) is 0 Å². The maximum atomic E-state index is 12.1. The van der Waals surface area contributed by atoms with Crippen molar-refractivity contribution in [1.82, 2.24) is 0 Å². The number of carboxylic acids is 1. The molecule has 0 aromatic carbocycles. The molecule has 4 fully saturated rings. The Morgan fingerprint density at radius 3 is 0.949 bits per heavy atom. The molecule has 0 aromatic heterocycles. The minimum absolute atomic E-state index is 0.0323. The van der Waals surface area contributed by atoms with E-state index in [-0.39, 0.29) is 69.8 Å². The zero-order chi connectivity index (χ0) is 59.9. The highest BCUT2D eigenvalue weighted by atomic mass is 19.4. The molecule has 0 atom stereocenters. The predicted octanol–water partition coefficient (Wildman–Crippen LogP) is 4.57. The topological polar surface area (TPSA) is 83.8 Å². The molecule has 78 heavy (non-hydrogen) atoms. The first-order valence-corrected chi connectivity index (χ1v) is 24.7. The number of halogens is 9. The van der Waals surface area contributed by atoms with Gasteiger partial charge in [0.15, 0.2) is 0 Å². The zero-order valence-corrected chi connectivity index (χ0v) is 43.4. The van der Waals surface area contributed by atoms with Crippen LogP contribution in [-0.4, -0.2) is 189 Å². The molecule has 0 unspecified atom stereocenters. The summed E-state index contributed by atoms with van der Waals surface area (Å²) in [7, 11) is 56.7. The van der Waals surface area contributed by atoms with Crippen LogP contribution >= 0.6 is 0 Å². The van der Waals surface area contributed by atoms with Crippen LogP contribution in [0.15, 0.2) is 105 Å². The van der Waals surface area contributed by atoms with Crippen LogP contribution in [0.2, 0.25) is 0 Å². The van der Waals surface area contributed by atoms with Gasteiger partial charge in [0.1, 0.15) is 6.29 Å². The van der Waals surface area contributed by atoms with Gasteiger partial charge in [-0.1, -0.05) is 11.5 Å². The van der Waals surface area contributed by atoms with E-state index < -0.39 is 99.3 Å². The summed E-state index contributed by atoms with van der Waals surface area (Å²) in [5.74, 6) is -5.16. The Morgan fingerprint density at radius 2 is 0.744 bits per heavy atom. The van der Waals surface area contributed by atoms with Crippen molar-refractivity contribution < 1.29 is 64.1 Å². The van der Waals surface area contributed by atoms with Gasteiger partial charge in [0.2, 0.25) is 0 Å². The summed E-state index contributed by atoms with van der Waals surface area (Å²) in [5.41, 5.74) is 39.4. The Labute approximate surface area is 471 Å². The molecule has 0 bridgehead atoms. The van der Waals surface area contributed by atoms with Crippen LogP contribution in [0.5, 0.6) is 0 Å². The Morgan fingerprint density at radius 1 is 0.474 bits per heavy atom. The van der Waals surface area contributed by atoms with Gasteiger partial charge in [-0.05, 0) is 189 Å². The first-order valence-electron chi connectivity index (χ1n) is 24.7. The van der Waals surface area contributed by atoms with E-state index in [0.717, 1.165) is 19.5 Å². The fourth-order valence-electron chi connectivity index (χ4n) is 8.21. The van der Waals surface area contributed by atoms with E-state index in [9.17, 15) is 49.1 Å². The Balaban J connectivity index is 0. The van der Waals surface area contributed by atoms with Crippen LogP contribution in [-0.2, 0) is 14.3 Å². The van der Waals surface area contributed by atoms with Crippen LogP contribution in [0.3, 0.4) is 0 Å². The third-order valence-electron chi connectivity index (χ3n) is 12.5. The summed E-state index contributed by atoms with van der Waals surface area (Å²) in [5, 5.41) is 17.2. The number of rotatable bonds is 10. The highest BCUT2D eigenvalue weighted by molar-refractivity contribution is 8.17. The third-order valence-corrected chi connectivity index (χ3v) is 12.5. The summed E-state index contributed by atoms with van der Waals surface area (Å²) in [6, 6.07) is 0. The monoisotopic (exact) mass is 1050 g/mol. The van der Waals surface area contributed by atoms with Gasteiger partial charge >= 0.3 is 24.5 Å². The zero-order valence-electron chi connectivity index (χ0n) is 43.4. The molecular weight excluding hydrogens is 998 g/mol. The molecule has 20 radical (unpaired) electrons. The van der Waals surface area contributed by atoms with E-state index >= 15 is 0 Å². The van der Waals surface area contributed by atoms with Gasteiger partial charge < -0.3 is 19.7 Å². The van der Waals surface area contributed by atoms with Crippen molar-refractivity contribution >= 4 is 141 Å². The lowest BCUT2D eigenvalue weighted by Crippen LogP contribution is -2.78. The first-order chi connectivity index (χ1) is 36.5. The largest absolute Gasteiger partial charge is 0.481 e. The molecule has 1 saturated heterocycles. The molecule has 1 aliphatic heterocycles. The molecule has 2 N–H and O–H groups in total. The van der Waals surface area contributed by atoms with Crippen LogP contribution in [0.4, 0.5) is 39.5 Å². The van der Waals surface area contributed by atoms with Crippen molar-refractivity contribution in [3.63, 3.8) is 0 Å². The maximum Gasteiger partial charge on any atom is 0.391 e. The van der Waals surface area contributed by atoms with Gasteiger partial charge in [0, 0.05) is 154 Å². The number of ether oxygens (including phenoxy) is 1. The number of aliphatic hydroxyl groups excluding tert-OH is 1. The van der Waals surface area contributed by atoms with Gasteiger partial charge in [-0.25, -0.2) is 0 Å². The van der Waals surface area contributed by atoms with E-state index in [1.165, 1.54) is 12.8 Å². The minimum atomic E-state index is -4.15. The van der Waals surface area contributed by atoms with Crippen molar-refractivity contribution in [3.05, 3.63) is 105 Å². The van der Waals surface area contributed by atoms with Gasteiger partial charge in [-0.15, -0.1) is 0 Å². The number of hydrogen-bond donors (Lipinski definition) is 2. The molecule has 0 amide bonds. The van der Waals surface area contributed by atoms with Crippen LogP contribution in [0.1, 0.15) is 89.9 Å². The van der Waals surface area contributed by atoms with Crippen molar-refractivity contribution in [2.45, 2.75) is 108 Å². The second-order valence-electron chi connectivity index (χ2n) is 18.2. The molecule has 378 valence electrons. The van der Waals surface area contributed by atoms with Gasteiger partial charge in [-0.3, -0.25) is 4.79 Å². The Bertz CT molecular complexity index is 2280. The Hall–Kier alpha value is -4.18. The average molecular weight is 1050 g/mol. The lowest BCUT2D eigenvalue weighted by atomic mass is 8.41. The highest BCUT2D eigenvalue weighted by Crippen LogP contribution is 2.41. The van der Waals surface area contributed by atoms with Gasteiger partial charge in [-0.2, -0.15) is 39.5 Å². The lowest BCUT2D eigenvalue weighted by molar-refractivity contribution is -0.186. The predicted molar refractivity (Wildman–Crippen MR) is 306 cm³/mol. The first kappa shape index (κ1) is 75.9. The smallest absolute Gasteiger partial charge is 0.391 e. The SMILES string of the molecule is C1CCOC1.C=C=C=C=C=C=C=C=C=C=C=C=C=C=C=C=C=C.O=C(O)C1CCC(C(F)(F)F)CC1.O=CC1CCC(C(F)(F)F)CC1.OCC1CCC(C(F)(F)F)CC1.[B]B([B])B(B([B])[B])B(B([B])[B])B(B([B])[B])B([B])[B]. The Kier molecular flexibility index (Phi) is 41.5. The lowest BCUT2D eigenvalue weighted by Gasteiger charge is -2.40. The molecule has 32 heteroatoms. The summed E-state index contributed by atoms with van der Waals surface area (Å²) in [4.78, 5) is 20.7. The summed E-state index contributed by atoms with van der Waals surface area (Å²) in [6.07, 6.45) is -12.3.